The summed E-state index contributed by atoms with van der Waals surface area (Å²) in [6.45, 7) is 2.15. The molecule has 0 aliphatic heterocycles. The molecule has 6 heteroatoms. The average Bonchev–Trinajstić information content (AvgIpc) is 2.51. The smallest absolute Gasteiger partial charge is 0.263 e. The Morgan fingerprint density at radius 1 is 1.48 bits per heavy atom. The van der Waals surface area contributed by atoms with Crippen LogP contribution in [0.15, 0.2) is 36.0 Å². The fourth-order valence-corrected chi connectivity index (χ4v) is 1.66. The van der Waals surface area contributed by atoms with E-state index in [1.54, 1.807) is 24.3 Å². The van der Waals surface area contributed by atoms with Gasteiger partial charge in [-0.15, -0.1) is 0 Å². The van der Waals surface area contributed by atoms with Crippen LogP contribution < -0.4 is 10.6 Å². The minimum absolute atomic E-state index is 0.0316. The Kier molecular flexibility index (Phi) is 7.30. The molecule has 1 amide bonds. The van der Waals surface area contributed by atoms with Crippen LogP contribution in [0, 0.1) is 11.3 Å². The molecule has 0 aliphatic rings. The van der Waals surface area contributed by atoms with Gasteiger partial charge in [0.05, 0.1) is 6.61 Å². The van der Waals surface area contributed by atoms with Gasteiger partial charge in [-0.1, -0.05) is 30.7 Å². The molecule has 112 valence electrons. The van der Waals surface area contributed by atoms with E-state index in [1.165, 1.54) is 6.20 Å². The number of amides is 1. The van der Waals surface area contributed by atoms with E-state index in [-0.39, 0.29) is 18.2 Å². The number of carbonyl (C=O) groups excluding carboxylic acids is 1. The molecule has 0 saturated carbocycles. The van der Waals surface area contributed by atoms with Crippen molar-refractivity contribution in [3.63, 3.8) is 0 Å². The van der Waals surface area contributed by atoms with E-state index in [9.17, 15) is 4.79 Å². The summed E-state index contributed by atoms with van der Waals surface area (Å²) < 4.78 is 0. The summed E-state index contributed by atoms with van der Waals surface area (Å²) in [5.74, 6) is -0.465. The topological polar surface area (TPSA) is 85.2 Å². The highest BCUT2D eigenvalue weighted by Crippen LogP contribution is 2.09. The fourth-order valence-electron chi connectivity index (χ4n) is 1.53. The van der Waals surface area contributed by atoms with Crippen molar-refractivity contribution >= 4 is 17.5 Å². The predicted molar refractivity (Wildman–Crippen MR) is 81.3 cm³/mol. The molecule has 0 heterocycles. The van der Waals surface area contributed by atoms with Crippen LogP contribution in [0.4, 0.5) is 0 Å². The lowest BCUT2D eigenvalue weighted by Gasteiger charge is -2.12. The third-order valence-electron chi connectivity index (χ3n) is 2.91. The maximum absolute atomic E-state index is 11.9. The van der Waals surface area contributed by atoms with Crippen LogP contribution in [-0.2, 0) is 11.3 Å². The van der Waals surface area contributed by atoms with Gasteiger partial charge in [-0.3, -0.25) is 4.79 Å². The summed E-state index contributed by atoms with van der Waals surface area (Å²) in [5.41, 5.74) is 0.857. The third-order valence-corrected chi connectivity index (χ3v) is 3.16. The Balaban J connectivity index is 2.57. The second-order valence-corrected chi connectivity index (χ2v) is 4.87. The number of nitriles is 1. The van der Waals surface area contributed by atoms with Crippen LogP contribution in [0.5, 0.6) is 0 Å². The van der Waals surface area contributed by atoms with Crippen LogP contribution >= 0.6 is 11.6 Å². The number of benzene rings is 1. The summed E-state index contributed by atoms with van der Waals surface area (Å²) in [6.07, 6.45) is 2.03. The number of aliphatic hydroxyl groups excluding tert-OH is 1. The molecule has 0 radical (unpaired) electrons. The van der Waals surface area contributed by atoms with Gasteiger partial charge in [0.1, 0.15) is 11.6 Å². The van der Waals surface area contributed by atoms with Crippen molar-refractivity contribution < 1.29 is 9.90 Å². The summed E-state index contributed by atoms with van der Waals surface area (Å²) in [5, 5.41) is 24.2. The zero-order valence-electron chi connectivity index (χ0n) is 11.8. The molecule has 1 unspecified atom stereocenters. The summed E-state index contributed by atoms with van der Waals surface area (Å²) in [7, 11) is 0. The lowest BCUT2D eigenvalue weighted by molar-refractivity contribution is -0.117. The van der Waals surface area contributed by atoms with Crippen molar-refractivity contribution in [3.05, 3.63) is 46.6 Å². The Hall–Kier alpha value is -2.03. The number of hydrogen-bond acceptors (Lipinski definition) is 4. The highest BCUT2D eigenvalue weighted by atomic mass is 35.5. The maximum Gasteiger partial charge on any atom is 0.263 e. The predicted octanol–water partition coefficient (Wildman–Crippen LogP) is 1.72. The molecular formula is C15H18ClN3O2. The van der Waals surface area contributed by atoms with E-state index in [2.05, 4.69) is 10.6 Å². The van der Waals surface area contributed by atoms with E-state index in [1.807, 2.05) is 13.0 Å². The van der Waals surface area contributed by atoms with Gasteiger partial charge >= 0.3 is 0 Å². The molecule has 0 spiro atoms. The number of aliphatic hydroxyl groups is 1. The van der Waals surface area contributed by atoms with Gasteiger partial charge in [0.15, 0.2) is 0 Å². The van der Waals surface area contributed by atoms with Gasteiger partial charge in [-0.05, 0) is 24.1 Å². The Bertz CT molecular complexity index is 531. The molecule has 1 aromatic carbocycles. The molecule has 1 aromatic rings. The lowest BCUT2D eigenvalue weighted by Crippen LogP contribution is -2.30. The number of halogens is 1. The Morgan fingerprint density at radius 3 is 2.67 bits per heavy atom. The molecule has 0 fully saturated rings. The summed E-state index contributed by atoms with van der Waals surface area (Å²) in [4.78, 5) is 11.9. The quantitative estimate of drug-likeness (QED) is 0.529. The highest BCUT2D eigenvalue weighted by Gasteiger charge is 2.09. The fraction of sp³-hybridized carbons (Fsp3) is 0.333. The molecule has 1 atom stereocenters. The first-order valence-electron chi connectivity index (χ1n) is 6.60. The molecule has 3 N–H and O–H groups in total. The normalized spacial score (nSPS) is 12.4. The van der Waals surface area contributed by atoms with Gasteiger partial charge in [-0.2, -0.15) is 5.26 Å². The SMILES string of the molecule is CCC(CO)N/C=C(/C#N)C(=O)NCc1ccc(Cl)cc1. The minimum atomic E-state index is -0.465. The molecule has 5 nitrogen and oxygen atoms in total. The average molecular weight is 308 g/mol. The van der Waals surface area contributed by atoms with Crippen LogP contribution in [0.1, 0.15) is 18.9 Å². The molecular weight excluding hydrogens is 290 g/mol. The second-order valence-electron chi connectivity index (χ2n) is 4.43. The monoisotopic (exact) mass is 307 g/mol. The van der Waals surface area contributed by atoms with E-state index >= 15 is 0 Å². The summed E-state index contributed by atoms with van der Waals surface area (Å²) in [6, 6.07) is 8.74. The van der Waals surface area contributed by atoms with Crippen molar-refractivity contribution in [2.75, 3.05) is 6.61 Å². The summed E-state index contributed by atoms with van der Waals surface area (Å²) >= 11 is 5.78. The van der Waals surface area contributed by atoms with Gasteiger partial charge in [0.25, 0.3) is 5.91 Å². The maximum atomic E-state index is 11.9. The van der Waals surface area contributed by atoms with Crippen LogP contribution in [0.25, 0.3) is 0 Å². The second kappa shape index (κ2) is 9.01. The van der Waals surface area contributed by atoms with Crippen molar-refractivity contribution in [1.82, 2.24) is 10.6 Å². The highest BCUT2D eigenvalue weighted by molar-refractivity contribution is 6.30. The van der Waals surface area contributed by atoms with Gasteiger partial charge in [0, 0.05) is 23.8 Å². The first-order valence-corrected chi connectivity index (χ1v) is 6.98. The van der Waals surface area contributed by atoms with Crippen LogP contribution in [0.2, 0.25) is 5.02 Å². The zero-order valence-corrected chi connectivity index (χ0v) is 12.5. The van der Waals surface area contributed by atoms with E-state index < -0.39 is 5.91 Å². The lowest BCUT2D eigenvalue weighted by atomic mass is 10.2. The first kappa shape index (κ1) is 17.0. The number of rotatable bonds is 7. The van der Waals surface area contributed by atoms with Crippen molar-refractivity contribution in [2.24, 2.45) is 0 Å². The number of nitrogens with zero attached hydrogens (tertiary/aromatic N) is 1. The number of carbonyl (C=O) groups is 1. The molecule has 0 saturated heterocycles. The molecule has 0 aromatic heterocycles. The largest absolute Gasteiger partial charge is 0.394 e. The van der Waals surface area contributed by atoms with Crippen molar-refractivity contribution in [2.45, 2.75) is 25.9 Å². The standard InChI is InChI=1S/C15H18ClN3O2/c1-2-14(10-20)18-9-12(7-17)15(21)19-8-11-3-5-13(16)6-4-11/h3-6,9,14,18,20H,2,8,10H2,1H3,(H,19,21)/b12-9-. The van der Waals surface area contributed by atoms with Gasteiger partial charge < -0.3 is 15.7 Å². The Labute approximate surface area is 129 Å². The Morgan fingerprint density at radius 2 is 2.14 bits per heavy atom. The molecule has 21 heavy (non-hydrogen) atoms. The molecule has 0 bridgehead atoms. The number of hydrogen-bond donors (Lipinski definition) is 3. The molecule has 1 rings (SSSR count). The van der Waals surface area contributed by atoms with Crippen molar-refractivity contribution in [3.8, 4) is 6.07 Å². The van der Waals surface area contributed by atoms with E-state index in [4.69, 9.17) is 22.0 Å². The van der Waals surface area contributed by atoms with E-state index in [0.29, 0.717) is 18.0 Å². The zero-order chi connectivity index (χ0) is 15.7. The van der Waals surface area contributed by atoms with Crippen LogP contribution in [0.3, 0.4) is 0 Å². The molecule has 0 aliphatic carbocycles. The van der Waals surface area contributed by atoms with E-state index in [0.717, 1.165) is 5.56 Å². The third kappa shape index (κ3) is 5.86. The van der Waals surface area contributed by atoms with Crippen molar-refractivity contribution in [1.29, 1.82) is 5.26 Å². The van der Waals surface area contributed by atoms with Crippen LogP contribution in [-0.4, -0.2) is 23.7 Å². The first-order chi connectivity index (χ1) is 10.1. The van der Waals surface area contributed by atoms with Gasteiger partial charge in [0.2, 0.25) is 0 Å². The number of nitrogens with one attached hydrogen (secondary N) is 2. The minimum Gasteiger partial charge on any atom is -0.394 e. The van der Waals surface area contributed by atoms with Gasteiger partial charge in [-0.25, -0.2) is 0 Å².